The normalized spacial score (nSPS) is 41.2. The number of amides is 1. The van der Waals surface area contributed by atoms with Gasteiger partial charge in [-0.25, -0.2) is 9.59 Å². The minimum absolute atomic E-state index is 0.0505. The van der Waals surface area contributed by atoms with E-state index in [0.29, 0.717) is 12.5 Å². The lowest BCUT2D eigenvalue weighted by atomic mass is 9.64. The molecule has 2 saturated carbocycles. The molecule has 0 aromatic heterocycles. The van der Waals surface area contributed by atoms with Gasteiger partial charge in [-0.1, -0.05) is 13.8 Å². The Bertz CT molecular complexity index is 570. The van der Waals surface area contributed by atoms with Crippen LogP contribution in [0.15, 0.2) is 0 Å². The Kier molecular flexibility index (Phi) is 3.72. The molecule has 4 bridgehead atoms. The van der Waals surface area contributed by atoms with Crippen molar-refractivity contribution in [2.75, 3.05) is 13.7 Å². The van der Waals surface area contributed by atoms with Crippen molar-refractivity contribution in [2.24, 2.45) is 16.7 Å². The van der Waals surface area contributed by atoms with Gasteiger partial charge in [-0.05, 0) is 46.0 Å². The van der Waals surface area contributed by atoms with E-state index in [2.05, 4.69) is 19.2 Å². The van der Waals surface area contributed by atoms with Crippen LogP contribution >= 0.6 is 0 Å². The van der Waals surface area contributed by atoms with Gasteiger partial charge in [0.2, 0.25) is 0 Å². The molecular weight excluding hydrogens is 310 g/mol. The van der Waals surface area contributed by atoms with E-state index in [1.165, 1.54) is 7.11 Å². The van der Waals surface area contributed by atoms with Crippen LogP contribution in [0.4, 0.5) is 4.79 Å². The summed E-state index contributed by atoms with van der Waals surface area (Å²) in [5, 5.41) is 2.75. The van der Waals surface area contributed by atoms with Gasteiger partial charge in [0.25, 0.3) is 0 Å². The van der Waals surface area contributed by atoms with Crippen LogP contribution in [0.3, 0.4) is 0 Å². The first-order valence-corrected chi connectivity index (χ1v) is 8.70. The summed E-state index contributed by atoms with van der Waals surface area (Å²) in [6.45, 7) is 10.4. The molecule has 1 saturated heterocycles. The smallest absolute Gasteiger partial charge is 0.408 e. The summed E-state index contributed by atoms with van der Waals surface area (Å²) in [6.07, 6.45) is 2.31. The monoisotopic (exact) mass is 339 g/mol. The lowest BCUT2D eigenvalue weighted by molar-refractivity contribution is -0.162. The van der Waals surface area contributed by atoms with Crippen LogP contribution in [0.5, 0.6) is 0 Å². The topological polar surface area (TPSA) is 73.9 Å². The summed E-state index contributed by atoms with van der Waals surface area (Å²) < 4.78 is 16.6. The SMILES string of the molecule is COC(=O)[C@H](NC(=O)OC(C)(C)C)[C@@]12C[C@H]3CC[C@]1(C)[C@@]3(C)CO2. The third-order valence-corrected chi connectivity index (χ3v) is 6.83. The third-order valence-electron chi connectivity index (χ3n) is 6.83. The van der Waals surface area contributed by atoms with E-state index in [-0.39, 0.29) is 10.8 Å². The van der Waals surface area contributed by atoms with E-state index < -0.39 is 29.3 Å². The van der Waals surface area contributed by atoms with Crippen LogP contribution < -0.4 is 5.32 Å². The highest BCUT2D eigenvalue weighted by molar-refractivity contribution is 5.83. The van der Waals surface area contributed by atoms with Gasteiger partial charge in [-0.15, -0.1) is 0 Å². The van der Waals surface area contributed by atoms with Crippen LogP contribution in [0, 0.1) is 16.7 Å². The highest BCUT2D eigenvalue weighted by Gasteiger charge is 2.79. The second-order valence-electron chi connectivity index (χ2n) is 8.97. The second-order valence-corrected chi connectivity index (χ2v) is 8.97. The maximum atomic E-state index is 12.5. The number of nitrogens with one attached hydrogen (secondary N) is 1. The molecule has 3 fully saturated rings. The fraction of sp³-hybridized carbons (Fsp3) is 0.889. The van der Waals surface area contributed by atoms with Gasteiger partial charge in [-0.2, -0.15) is 0 Å². The van der Waals surface area contributed by atoms with Crippen LogP contribution in [0.2, 0.25) is 0 Å². The van der Waals surface area contributed by atoms with E-state index in [1.807, 2.05) is 0 Å². The first-order valence-electron chi connectivity index (χ1n) is 8.70. The molecule has 1 N–H and O–H groups in total. The Hall–Kier alpha value is -1.30. The zero-order valence-corrected chi connectivity index (χ0v) is 15.5. The Morgan fingerprint density at radius 2 is 1.96 bits per heavy atom. The standard InChI is InChI=1S/C18H29NO5/c1-15(2,3)24-14(21)19-12(13(20)22-6)18-9-11-7-8-17(18,5)16(11,4)10-23-18/h11-12H,7-10H2,1-6H3,(H,19,21)/t11-,12+,16+,17-,18+/m1/s1. The average Bonchev–Trinajstić information content (AvgIpc) is 2.94. The maximum Gasteiger partial charge on any atom is 0.408 e. The van der Waals surface area contributed by atoms with Crippen molar-refractivity contribution in [1.29, 1.82) is 0 Å². The van der Waals surface area contributed by atoms with Crippen molar-refractivity contribution < 1.29 is 23.8 Å². The van der Waals surface area contributed by atoms with Gasteiger partial charge in [0.1, 0.15) is 11.2 Å². The highest BCUT2D eigenvalue weighted by atomic mass is 16.6. The number of ether oxygens (including phenoxy) is 3. The Labute approximate surface area is 143 Å². The van der Waals surface area contributed by atoms with E-state index in [0.717, 1.165) is 19.3 Å². The molecule has 136 valence electrons. The summed E-state index contributed by atoms with van der Waals surface area (Å²) in [4.78, 5) is 24.8. The predicted octanol–water partition coefficient (Wildman–Crippen LogP) is 2.65. The lowest BCUT2D eigenvalue weighted by Crippen LogP contribution is -2.63. The van der Waals surface area contributed by atoms with Gasteiger partial charge in [-0.3, -0.25) is 0 Å². The van der Waals surface area contributed by atoms with E-state index in [9.17, 15) is 9.59 Å². The molecule has 0 spiro atoms. The molecule has 0 radical (unpaired) electrons. The molecule has 1 heterocycles. The van der Waals surface area contributed by atoms with Crippen LogP contribution in [0.25, 0.3) is 0 Å². The summed E-state index contributed by atoms with van der Waals surface area (Å²) in [6, 6.07) is -0.852. The van der Waals surface area contributed by atoms with Crippen LogP contribution in [-0.4, -0.2) is 43.0 Å². The Morgan fingerprint density at radius 3 is 2.46 bits per heavy atom. The van der Waals surface area contributed by atoms with E-state index in [4.69, 9.17) is 14.2 Å². The largest absolute Gasteiger partial charge is 0.467 e. The number of rotatable bonds is 3. The number of hydrogen-bond donors (Lipinski definition) is 1. The van der Waals surface area contributed by atoms with Crippen LogP contribution in [0.1, 0.15) is 53.9 Å². The predicted molar refractivity (Wildman–Crippen MR) is 87.4 cm³/mol. The summed E-state index contributed by atoms with van der Waals surface area (Å²) in [5.41, 5.74) is -1.45. The summed E-state index contributed by atoms with van der Waals surface area (Å²) in [5.74, 6) is 0.0442. The van der Waals surface area contributed by atoms with E-state index >= 15 is 0 Å². The average molecular weight is 339 g/mol. The molecule has 0 unspecified atom stereocenters. The highest BCUT2D eigenvalue weighted by Crippen LogP contribution is 2.75. The molecule has 2 aliphatic carbocycles. The molecule has 3 aliphatic rings. The van der Waals surface area contributed by atoms with Crippen molar-refractivity contribution in [3.8, 4) is 0 Å². The molecule has 1 amide bonds. The maximum absolute atomic E-state index is 12.5. The molecule has 0 aromatic carbocycles. The lowest BCUT2D eigenvalue weighted by Gasteiger charge is -2.45. The first kappa shape index (κ1) is 17.5. The van der Waals surface area contributed by atoms with E-state index in [1.54, 1.807) is 20.8 Å². The fourth-order valence-corrected chi connectivity index (χ4v) is 5.33. The number of carbonyl (C=O) groups excluding carboxylic acids is 2. The van der Waals surface area contributed by atoms with Crippen molar-refractivity contribution in [1.82, 2.24) is 5.32 Å². The molecule has 6 heteroatoms. The zero-order chi connectivity index (χ0) is 18.0. The molecule has 24 heavy (non-hydrogen) atoms. The Balaban J connectivity index is 1.91. The summed E-state index contributed by atoms with van der Waals surface area (Å²) in [7, 11) is 1.34. The molecule has 1 aliphatic heterocycles. The number of methoxy groups -OCH3 is 1. The minimum Gasteiger partial charge on any atom is -0.467 e. The molecule has 6 nitrogen and oxygen atoms in total. The number of carbonyl (C=O) groups is 2. The third kappa shape index (κ3) is 2.11. The summed E-state index contributed by atoms with van der Waals surface area (Å²) >= 11 is 0. The van der Waals surface area contributed by atoms with Gasteiger partial charge >= 0.3 is 12.1 Å². The second kappa shape index (κ2) is 5.10. The van der Waals surface area contributed by atoms with Crippen molar-refractivity contribution in [3.63, 3.8) is 0 Å². The first-order chi connectivity index (χ1) is 11.0. The fourth-order valence-electron chi connectivity index (χ4n) is 5.33. The van der Waals surface area contributed by atoms with Gasteiger partial charge < -0.3 is 19.5 Å². The molecule has 5 atom stereocenters. The van der Waals surface area contributed by atoms with Gasteiger partial charge in [0, 0.05) is 10.8 Å². The van der Waals surface area contributed by atoms with Gasteiger partial charge in [0.05, 0.1) is 13.7 Å². The van der Waals surface area contributed by atoms with Crippen molar-refractivity contribution in [3.05, 3.63) is 0 Å². The van der Waals surface area contributed by atoms with Crippen molar-refractivity contribution in [2.45, 2.75) is 71.1 Å². The van der Waals surface area contributed by atoms with Crippen molar-refractivity contribution >= 4 is 12.1 Å². The Morgan fingerprint density at radius 1 is 1.29 bits per heavy atom. The number of alkyl carbamates (subject to hydrolysis) is 1. The zero-order valence-electron chi connectivity index (χ0n) is 15.5. The van der Waals surface area contributed by atoms with Crippen LogP contribution in [-0.2, 0) is 19.0 Å². The van der Waals surface area contributed by atoms with Gasteiger partial charge in [0.15, 0.2) is 6.04 Å². The molecular formula is C18H29NO5. The quantitative estimate of drug-likeness (QED) is 0.800. The molecule has 3 rings (SSSR count). The molecule has 0 aromatic rings. The minimum atomic E-state index is -0.852. The number of hydrogen-bond acceptors (Lipinski definition) is 5. The number of esters is 1.